The van der Waals surface area contributed by atoms with Gasteiger partial charge in [0.25, 0.3) is 0 Å². The summed E-state index contributed by atoms with van der Waals surface area (Å²) in [7, 11) is 0. The average Bonchev–Trinajstić information content (AvgIpc) is 2.94. The molecule has 1 atom stereocenters. The number of aromatic nitrogens is 2. The van der Waals surface area contributed by atoms with Crippen molar-refractivity contribution in [3.8, 4) is 0 Å². The van der Waals surface area contributed by atoms with Gasteiger partial charge in [0, 0.05) is 31.6 Å². The number of hydrogen-bond donors (Lipinski definition) is 1. The minimum absolute atomic E-state index is 0.323. The maximum absolute atomic E-state index is 8.86. The third-order valence-electron chi connectivity index (χ3n) is 3.37. The molecule has 16 heavy (non-hydrogen) atoms. The van der Waals surface area contributed by atoms with Gasteiger partial charge in [-0.2, -0.15) is 5.10 Å². The van der Waals surface area contributed by atoms with Crippen molar-refractivity contribution in [2.75, 3.05) is 19.7 Å². The quantitative estimate of drug-likeness (QED) is 0.785. The van der Waals surface area contributed by atoms with Crippen LogP contribution in [-0.2, 0) is 6.54 Å². The van der Waals surface area contributed by atoms with Crippen molar-refractivity contribution in [2.24, 2.45) is 0 Å². The van der Waals surface area contributed by atoms with Crippen LogP contribution in [-0.4, -0.2) is 45.5 Å². The summed E-state index contributed by atoms with van der Waals surface area (Å²) >= 11 is 0. The lowest BCUT2D eigenvalue weighted by Gasteiger charge is -2.24. The van der Waals surface area contributed by atoms with E-state index in [4.69, 9.17) is 5.11 Å². The van der Waals surface area contributed by atoms with Crippen LogP contribution in [0.2, 0.25) is 0 Å². The van der Waals surface area contributed by atoms with Crippen molar-refractivity contribution < 1.29 is 5.11 Å². The van der Waals surface area contributed by atoms with E-state index in [-0.39, 0.29) is 0 Å². The number of hydrogen-bond acceptors (Lipinski definition) is 3. The molecule has 0 amide bonds. The Bertz CT molecular complexity index is 286. The summed E-state index contributed by atoms with van der Waals surface area (Å²) in [6, 6.07) is 2.65. The fourth-order valence-corrected chi connectivity index (χ4v) is 2.51. The number of likely N-dealkylation sites (tertiary alicyclic amines) is 1. The first-order valence-electron chi connectivity index (χ1n) is 6.22. The molecule has 2 rings (SSSR count). The van der Waals surface area contributed by atoms with E-state index in [1.165, 1.54) is 19.4 Å². The van der Waals surface area contributed by atoms with Crippen molar-refractivity contribution in [1.29, 1.82) is 0 Å². The van der Waals surface area contributed by atoms with Gasteiger partial charge in [-0.05, 0) is 38.3 Å². The molecule has 1 N–H and O–H groups in total. The molecule has 4 heteroatoms. The van der Waals surface area contributed by atoms with Gasteiger partial charge in [-0.15, -0.1) is 0 Å². The summed E-state index contributed by atoms with van der Waals surface area (Å²) in [4.78, 5) is 2.54. The molecule has 1 aromatic rings. The molecular formula is C12H21N3O. The normalized spacial score (nSPS) is 21.7. The Labute approximate surface area is 96.9 Å². The van der Waals surface area contributed by atoms with Gasteiger partial charge in [-0.1, -0.05) is 0 Å². The lowest BCUT2D eigenvalue weighted by molar-refractivity contribution is 0.208. The second-order valence-electron chi connectivity index (χ2n) is 4.47. The Balaban J connectivity index is 1.75. The summed E-state index contributed by atoms with van der Waals surface area (Å²) in [6.07, 6.45) is 8.50. The first-order chi connectivity index (χ1) is 7.90. The molecule has 0 saturated carbocycles. The molecule has 2 heterocycles. The Kier molecular flexibility index (Phi) is 4.36. The molecule has 0 radical (unpaired) electrons. The van der Waals surface area contributed by atoms with Gasteiger partial charge in [0.15, 0.2) is 0 Å². The number of nitrogens with zero attached hydrogens (tertiary/aromatic N) is 3. The van der Waals surface area contributed by atoms with E-state index in [0.717, 1.165) is 25.9 Å². The molecule has 1 aromatic heterocycles. The van der Waals surface area contributed by atoms with Gasteiger partial charge in [-0.3, -0.25) is 9.58 Å². The van der Waals surface area contributed by atoms with Crippen LogP contribution in [0.5, 0.6) is 0 Å². The monoisotopic (exact) mass is 223 g/mol. The standard InChI is InChI=1S/C12H21N3O/c16-11-2-5-12-4-1-7-14(12)9-10-15-8-3-6-13-15/h3,6,8,12,16H,1-2,4-5,7,9-11H2. The minimum atomic E-state index is 0.323. The molecule has 1 fully saturated rings. The lowest BCUT2D eigenvalue weighted by Crippen LogP contribution is -2.32. The third kappa shape index (κ3) is 3.06. The number of rotatable bonds is 6. The van der Waals surface area contributed by atoms with Crippen LogP contribution in [0.4, 0.5) is 0 Å². The molecule has 1 saturated heterocycles. The van der Waals surface area contributed by atoms with Crippen molar-refractivity contribution in [1.82, 2.24) is 14.7 Å². The van der Waals surface area contributed by atoms with E-state index in [2.05, 4.69) is 10.00 Å². The summed E-state index contributed by atoms with van der Waals surface area (Å²) in [6.45, 7) is 3.58. The average molecular weight is 223 g/mol. The fourth-order valence-electron chi connectivity index (χ4n) is 2.51. The molecular weight excluding hydrogens is 202 g/mol. The second kappa shape index (κ2) is 6.01. The van der Waals surface area contributed by atoms with Crippen LogP contribution in [0.1, 0.15) is 25.7 Å². The summed E-state index contributed by atoms with van der Waals surface area (Å²) in [5.41, 5.74) is 0. The van der Waals surface area contributed by atoms with Gasteiger partial charge in [0.1, 0.15) is 0 Å². The molecule has 0 bridgehead atoms. The first-order valence-corrected chi connectivity index (χ1v) is 6.22. The summed E-state index contributed by atoms with van der Waals surface area (Å²) < 4.78 is 1.99. The summed E-state index contributed by atoms with van der Waals surface area (Å²) in [5, 5.41) is 13.1. The van der Waals surface area contributed by atoms with Crippen molar-refractivity contribution in [3.05, 3.63) is 18.5 Å². The molecule has 1 aliphatic heterocycles. The predicted molar refractivity (Wildman–Crippen MR) is 63.1 cm³/mol. The summed E-state index contributed by atoms with van der Waals surface area (Å²) in [5.74, 6) is 0. The van der Waals surface area contributed by atoms with Crippen molar-refractivity contribution in [2.45, 2.75) is 38.3 Å². The molecule has 0 spiro atoms. The predicted octanol–water partition coefficient (Wildman–Crippen LogP) is 1.12. The van der Waals surface area contributed by atoms with Crippen LogP contribution < -0.4 is 0 Å². The molecule has 1 unspecified atom stereocenters. The zero-order valence-electron chi connectivity index (χ0n) is 9.76. The van der Waals surface area contributed by atoms with Gasteiger partial charge in [0.05, 0.1) is 6.54 Å². The van der Waals surface area contributed by atoms with Gasteiger partial charge in [-0.25, -0.2) is 0 Å². The Morgan fingerprint density at radius 1 is 1.38 bits per heavy atom. The van der Waals surface area contributed by atoms with E-state index >= 15 is 0 Å². The van der Waals surface area contributed by atoms with Crippen LogP contribution in [0, 0.1) is 0 Å². The zero-order chi connectivity index (χ0) is 11.2. The Morgan fingerprint density at radius 3 is 3.06 bits per heavy atom. The highest BCUT2D eigenvalue weighted by Crippen LogP contribution is 2.20. The van der Waals surface area contributed by atoms with Crippen molar-refractivity contribution >= 4 is 0 Å². The Hall–Kier alpha value is -0.870. The third-order valence-corrected chi connectivity index (χ3v) is 3.37. The van der Waals surface area contributed by atoms with E-state index < -0.39 is 0 Å². The van der Waals surface area contributed by atoms with Crippen LogP contribution >= 0.6 is 0 Å². The van der Waals surface area contributed by atoms with Crippen LogP contribution in [0.3, 0.4) is 0 Å². The largest absolute Gasteiger partial charge is 0.396 e. The van der Waals surface area contributed by atoms with Gasteiger partial charge >= 0.3 is 0 Å². The maximum Gasteiger partial charge on any atom is 0.0536 e. The molecule has 90 valence electrons. The van der Waals surface area contributed by atoms with Gasteiger partial charge < -0.3 is 5.11 Å². The zero-order valence-corrected chi connectivity index (χ0v) is 9.76. The number of aliphatic hydroxyl groups is 1. The number of aliphatic hydroxyl groups excluding tert-OH is 1. The van der Waals surface area contributed by atoms with E-state index in [1.807, 2.05) is 23.1 Å². The first kappa shape index (κ1) is 11.6. The lowest BCUT2D eigenvalue weighted by atomic mass is 10.1. The minimum Gasteiger partial charge on any atom is -0.396 e. The van der Waals surface area contributed by atoms with E-state index in [9.17, 15) is 0 Å². The second-order valence-corrected chi connectivity index (χ2v) is 4.47. The highest BCUT2D eigenvalue weighted by atomic mass is 16.2. The van der Waals surface area contributed by atoms with Gasteiger partial charge in [0.2, 0.25) is 0 Å². The smallest absolute Gasteiger partial charge is 0.0536 e. The van der Waals surface area contributed by atoms with E-state index in [0.29, 0.717) is 12.6 Å². The maximum atomic E-state index is 8.86. The molecule has 1 aliphatic rings. The van der Waals surface area contributed by atoms with Crippen LogP contribution in [0.25, 0.3) is 0 Å². The highest BCUT2D eigenvalue weighted by Gasteiger charge is 2.23. The topological polar surface area (TPSA) is 41.3 Å². The molecule has 0 aliphatic carbocycles. The highest BCUT2D eigenvalue weighted by molar-refractivity contribution is 4.81. The van der Waals surface area contributed by atoms with E-state index in [1.54, 1.807) is 0 Å². The SMILES string of the molecule is OCCCC1CCCN1CCn1cccn1. The van der Waals surface area contributed by atoms with Crippen LogP contribution in [0.15, 0.2) is 18.5 Å². The Morgan fingerprint density at radius 2 is 2.31 bits per heavy atom. The molecule has 0 aromatic carbocycles. The van der Waals surface area contributed by atoms with Crippen molar-refractivity contribution in [3.63, 3.8) is 0 Å². The molecule has 4 nitrogen and oxygen atoms in total. The fraction of sp³-hybridized carbons (Fsp3) is 0.750.